The molecule has 7 heteroatoms. The van der Waals surface area contributed by atoms with E-state index in [4.69, 9.17) is 5.11 Å². The predicted molar refractivity (Wildman–Crippen MR) is 69.7 cm³/mol. The number of hydrogen-bond acceptors (Lipinski definition) is 3. The van der Waals surface area contributed by atoms with Gasteiger partial charge in [-0.15, -0.1) is 0 Å². The molecule has 0 bridgehead atoms. The number of amides is 2. The maximum Gasteiger partial charge on any atom is 0.315 e. The molecule has 1 aromatic heterocycles. The van der Waals surface area contributed by atoms with E-state index < -0.39 is 5.97 Å². The van der Waals surface area contributed by atoms with E-state index in [1.54, 1.807) is 12.4 Å². The molecule has 1 unspecified atom stereocenters. The molecular weight excluding hydrogens is 248 g/mol. The molecule has 0 aliphatic carbocycles. The number of hydrogen-bond donors (Lipinski definition) is 4. The monoisotopic (exact) mass is 268 g/mol. The second-order valence-corrected chi connectivity index (χ2v) is 4.63. The number of carboxylic acid groups (broad SMARTS) is 1. The van der Waals surface area contributed by atoms with Gasteiger partial charge in [0.2, 0.25) is 0 Å². The van der Waals surface area contributed by atoms with Gasteiger partial charge >= 0.3 is 12.0 Å². The molecule has 106 valence electrons. The summed E-state index contributed by atoms with van der Waals surface area (Å²) in [5.41, 5.74) is 0. The summed E-state index contributed by atoms with van der Waals surface area (Å²) in [7, 11) is 0. The molecule has 0 aromatic carbocycles. The molecule has 0 aliphatic rings. The van der Waals surface area contributed by atoms with E-state index in [0.717, 1.165) is 5.82 Å². The van der Waals surface area contributed by atoms with Gasteiger partial charge < -0.3 is 20.7 Å². The number of rotatable bonds is 7. The molecule has 1 aromatic rings. The molecule has 7 nitrogen and oxygen atoms in total. The molecule has 2 amide bonds. The molecule has 1 heterocycles. The quantitative estimate of drug-likeness (QED) is 0.585. The Kier molecular flexibility index (Phi) is 5.84. The first-order valence-electron chi connectivity index (χ1n) is 6.23. The average molecular weight is 268 g/mol. The topological polar surface area (TPSA) is 107 Å². The number of aliphatic carboxylic acids is 1. The average Bonchev–Trinajstić information content (AvgIpc) is 2.80. The molecule has 4 N–H and O–H groups in total. The summed E-state index contributed by atoms with van der Waals surface area (Å²) in [6.45, 7) is 4.19. The van der Waals surface area contributed by atoms with Gasteiger partial charge in [-0.2, -0.15) is 0 Å². The van der Waals surface area contributed by atoms with Crippen molar-refractivity contribution in [2.45, 2.75) is 32.7 Å². The van der Waals surface area contributed by atoms with Crippen molar-refractivity contribution in [1.29, 1.82) is 0 Å². The molecule has 1 rings (SSSR count). The summed E-state index contributed by atoms with van der Waals surface area (Å²) in [6.07, 6.45) is 3.89. The van der Waals surface area contributed by atoms with Crippen LogP contribution in [0, 0.1) is 5.92 Å². The van der Waals surface area contributed by atoms with Crippen molar-refractivity contribution in [2.75, 3.05) is 6.54 Å². The van der Waals surface area contributed by atoms with Crippen LogP contribution in [-0.2, 0) is 11.2 Å². The van der Waals surface area contributed by atoms with Crippen LogP contribution in [0.25, 0.3) is 0 Å². The Hall–Kier alpha value is -2.05. The molecule has 0 spiro atoms. The Labute approximate surface area is 111 Å². The van der Waals surface area contributed by atoms with E-state index >= 15 is 0 Å². The lowest BCUT2D eigenvalue weighted by atomic mass is 10.0. The van der Waals surface area contributed by atoms with Gasteiger partial charge in [0.25, 0.3) is 0 Å². The lowest BCUT2D eigenvalue weighted by Crippen LogP contribution is -2.45. The number of aromatic nitrogens is 2. The minimum absolute atomic E-state index is 0.0620. The zero-order chi connectivity index (χ0) is 14.3. The Morgan fingerprint density at radius 3 is 2.74 bits per heavy atom. The van der Waals surface area contributed by atoms with Crippen molar-refractivity contribution in [3.63, 3.8) is 0 Å². The van der Waals surface area contributed by atoms with Gasteiger partial charge in [0, 0.05) is 31.4 Å². The minimum atomic E-state index is -0.922. The maximum absolute atomic E-state index is 11.6. The first-order valence-corrected chi connectivity index (χ1v) is 6.23. The molecule has 0 radical (unpaired) electrons. The second-order valence-electron chi connectivity index (χ2n) is 4.63. The fourth-order valence-electron chi connectivity index (χ4n) is 1.59. The number of carbonyl (C=O) groups is 2. The summed E-state index contributed by atoms with van der Waals surface area (Å²) in [4.78, 5) is 29.3. The van der Waals surface area contributed by atoms with Crippen LogP contribution in [0.2, 0.25) is 0 Å². The van der Waals surface area contributed by atoms with Crippen LogP contribution in [-0.4, -0.2) is 39.7 Å². The summed E-state index contributed by atoms with van der Waals surface area (Å²) in [6, 6.07) is -0.729. The normalized spacial score (nSPS) is 12.2. The predicted octanol–water partition coefficient (Wildman–Crippen LogP) is 0.751. The lowest BCUT2D eigenvalue weighted by Gasteiger charge is -2.20. The third-order valence-corrected chi connectivity index (χ3v) is 2.72. The van der Waals surface area contributed by atoms with E-state index in [2.05, 4.69) is 20.6 Å². The number of H-pyrrole nitrogens is 1. The van der Waals surface area contributed by atoms with Crippen LogP contribution in [0.3, 0.4) is 0 Å². The van der Waals surface area contributed by atoms with Gasteiger partial charge in [0.1, 0.15) is 5.82 Å². The molecule has 0 fully saturated rings. The van der Waals surface area contributed by atoms with Crippen LogP contribution in [0.5, 0.6) is 0 Å². The highest BCUT2D eigenvalue weighted by atomic mass is 16.4. The minimum Gasteiger partial charge on any atom is -0.481 e. The summed E-state index contributed by atoms with van der Waals surface area (Å²) in [5.74, 6) is -0.0623. The van der Waals surface area contributed by atoms with Crippen LogP contribution in [0.4, 0.5) is 4.79 Å². The first kappa shape index (κ1) is 15.0. The lowest BCUT2D eigenvalue weighted by molar-refractivity contribution is -0.137. The van der Waals surface area contributed by atoms with E-state index in [9.17, 15) is 9.59 Å². The van der Waals surface area contributed by atoms with Gasteiger partial charge in [-0.25, -0.2) is 9.78 Å². The molecule has 0 saturated heterocycles. The van der Waals surface area contributed by atoms with Gasteiger partial charge in [-0.1, -0.05) is 13.8 Å². The maximum atomic E-state index is 11.6. The van der Waals surface area contributed by atoms with Crippen molar-refractivity contribution in [3.05, 3.63) is 18.2 Å². The molecule has 19 heavy (non-hydrogen) atoms. The highest BCUT2D eigenvalue weighted by Gasteiger charge is 2.19. The zero-order valence-corrected chi connectivity index (χ0v) is 11.1. The number of carboxylic acids is 1. The second kappa shape index (κ2) is 7.40. The number of imidazole rings is 1. The third kappa shape index (κ3) is 5.89. The summed E-state index contributed by atoms with van der Waals surface area (Å²) >= 11 is 0. The fourth-order valence-corrected chi connectivity index (χ4v) is 1.59. The van der Waals surface area contributed by atoms with Crippen molar-refractivity contribution < 1.29 is 14.7 Å². The first-order chi connectivity index (χ1) is 8.99. The van der Waals surface area contributed by atoms with E-state index in [-0.39, 0.29) is 24.4 Å². The van der Waals surface area contributed by atoms with Crippen LogP contribution < -0.4 is 10.6 Å². The van der Waals surface area contributed by atoms with Crippen molar-refractivity contribution in [1.82, 2.24) is 20.6 Å². The number of nitrogens with one attached hydrogen (secondary N) is 3. The van der Waals surface area contributed by atoms with Gasteiger partial charge in [0.05, 0.1) is 6.42 Å². The van der Waals surface area contributed by atoms with Gasteiger partial charge in [-0.05, 0) is 5.92 Å². The Balaban J connectivity index is 2.29. The van der Waals surface area contributed by atoms with E-state index in [1.165, 1.54) is 0 Å². The van der Waals surface area contributed by atoms with Crippen molar-refractivity contribution in [3.8, 4) is 0 Å². The fraction of sp³-hybridized carbons (Fsp3) is 0.583. The van der Waals surface area contributed by atoms with Crippen LogP contribution in [0.15, 0.2) is 12.4 Å². The van der Waals surface area contributed by atoms with Crippen molar-refractivity contribution in [2.24, 2.45) is 5.92 Å². The molecule has 0 aliphatic heterocycles. The summed E-state index contributed by atoms with van der Waals surface area (Å²) < 4.78 is 0. The summed E-state index contributed by atoms with van der Waals surface area (Å²) in [5, 5.41) is 14.1. The Morgan fingerprint density at radius 1 is 1.47 bits per heavy atom. The number of aromatic amines is 1. The smallest absolute Gasteiger partial charge is 0.315 e. The highest BCUT2D eigenvalue weighted by Crippen LogP contribution is 2.05. The number of urea groups is 1. The largest absolute Gasteiger partial charge is 0.481 e. The molecule has 1 atom stereocenters. The highest BCUT2D eigenvalue weighted by molar-refractivity contribution is 5.75. The van der Waals surface area contributed by atoms with Gasteiger partial charge in [0.15, 0.2) is 0 Å². The zero-order valence-electron chi connectivity index (χ0n) is 11.1. The Bertz CT molecular complexity index is 403. The number of nitrogens with zero attached hydrogens (tertiary/aromatic N) is 1. The standard InChI is InChI=1S/C12H20N4O3/c1-8(2)9(7-11(17)18)16-12(19)15-4-3-10-13-5-6-14-10/h5-6,8-9H,3-4,7H2,1-2H3,(H,13,14)(H,17,18)(H2,15,16,19). The Morgan fingerprint density at radius 2 is 2.21 bits per heavy atom. The SMILES string of the molecule is CC(C)C(CC(=O)O)NC(=O)NCCc1ncc[nH]1. The molecular formula is C12H20N4O3. The molecule has 0 saturated carbocycles. The van der Waals surface area contributed by atoms with Crippen LogP contribution >= 0.6 is 0 Å². The van der Waals surface area contributed by atoms with Crippen molar-refractivity contribution >= 4 is 12.0 Å². The van der Waals surface area contributed by atoms with Gasteiger partial charge in [-0.3, -0.25) is 4.79 Å². The number of carbonyl (C=O) groups excluding carboxylic acids is 1. The van der Waals surface area contributed by atoms with E-state index in [0.29, 0.717) is 13.0 Å². The third-order valence-electron chi connectivity index (χ3n) is 2.72. The van der Waals surface area contributed by atoms with E-state index in [1.807, 2.05) is 13.8 Å². The van der Waals surface area contributed by atoms with Crippen LogP contribution in [0.1, 0.15) is 26.1 Å².